The molecule has 2 aromatic carbocycles. The molecular weight excluding hydrogens is 356 g/mol. The molecule has 0 fully saturated rings. The van der Waals surface area contributed by atoms with Crippen LogP contribution in [0.3, 0.4) is 0 Å². The first kappa shape index (κ1) is 19.3. The van der Waals surface area contributed by atoms with Gasteiger partial charge in [0, 0.05) is 18.1 Å². The van der Waals surface area contributed by atoms with Gasteiger partial charge in [-0.15, -0.1) is 0 Å². The first-order chi connectivity index (χ1) is 13.4. The summed E-state index contributed by atoms with van der Waals surface area (Å²) in [7, 11) is 1.59. The van der Waals surface area contributed by atoms with Crippen LogP contribution in [0.1, 0.15) is 35.9 Å². The third kappa shape index (κ3) is 3.93. The molecule has 0 atom stereocenters. The number of rotatable bonds is 5. The maximum absolute atomic E-state index is 12.9. The second-order valence-corrected chi connectivity index (χ2v) is 6.74. The molecule has 7 nitrogen and oxygen atoms in total. The second kappa shape index (κ2) is 8.04. The SMILES string of the molecule is CNC(=O)Cc1ccc(NC(=O)c2nn(C(C)C)c(=O)c3ccccc23)cc1. The van der Waals surface area contributed by atoms with Crippen molar-refractivity contribution in [1.82, 2.24) is 15.1 Å². The Labute approximate surface area is 162 Å². The lowest BCUT2D eigenvalue weighted by atomic mass is 10.1. The van der Waals surface area contributed by atoms with Gasteiger partial charge < -0.3 is 10.6 Å². The minimum atomic E-state index is -0.398. The number of aromatic nitrogens is 2. The maximum atomic E-state index is 12.9. The minimum Gasteiger partial charge on any atom is -0.359 e. The van der Waals surface area contributed by atoms with Crippen molar-refractivity contribution in [3.05, 3.63) is 70.1 Å². The van der Waals surface area contributed by atoms with Gasteiger partial charge in [0.25, 0.3) is 11.5 Å². The Morgan fingerprint density at radius 1 is 1.04 bits per heavy atom. The summed E-state index contributed by atoms with van der Waals surface area (Å²) >= 11 is 0. The number of anilines is 1. The van der Waals surface area contributed by atoms with E-state index in [9.17, 15) is 14.4 Å². The van der Waals surface area contributed by atoms with Crippen LogP contribution in [0.15, 0.2) is 53.3 Å². The molecule has 1 aromatic heterocycles. The van der Waals surface area contributed by atoms with E-state index >= 15 is 0 Å². The molecule has 0 aliphatic heterocycles. The third-order valence-corrected chi connectivity index (χ3v) is 4.39. The van der Waals surface area contributed by atoms with Gasteiger partial charge in [0.15, 0.2) is 5.69 Å². The Kier molecular flexibility index (Phi) is 5.54. The third-order valence-electron chi connectivity index (χ3n) is 4.39. The fourth-order valence-electron chi connectivity index (χ4n) is 2.89. The van der Waals surface area contributed by atoms with Gasteiger partial charge in [0.1, 0.15) is 0 Å². The lowest BCUT2D eigenvalue weighted by Gasteiger charge is -2.13. The van der Waals surface area contributed by atoms with E-state index in [0.29, 0.717) is 16.5 Å². The van der Waals surface area contributed by atoms with Gasteiger partial charge in [-0.1, -0.05) is 30.3 Å². The van der Waals surface area contributed by atoms with E-state index in [1.165, 1.54) is 4.68 Å². The number of likely N-dealkylation sites (N-methyl/N-ethyl adjacent to an activating group) is 1. The Morgan fingerprint density at radius 3 is 2.29 bits per heavy atom. The lowest BCUT2D eigenvalue weighted by Crippen LogP contribution is -2.28. The van der Waals surface area contributed by atoms with Crippen molar-refractivity contribution in [3.63, 3.8) is 0 Å². The number of nitrogens with one attached hydrogen (secondary N) is 2. The number of carbonyl (C=O) groups is 2. The van der Waals surface area contributed by atoms with Crippen LogP contribution in [-0.4, -0.2) is 28.6 Å². The number of nitrogens with zero attached hydrogens (tertiary/aromatic N) is 2. The van der Waals surface area contributed by atoms with Crippen LogP contribution >= 0.6 is 0 Å². The smallest absolute Gasteiger partial charge is 0.276 e. The molecule has 28 heavy (non-hydrogen) atoms. The normalized spacial score (nSPS) is 10.9. The number of fused-ring (bicyclic) bond motifs is 1. The van der Waals surface area contributed by atoms with Gasteiger partial charge >= 0.3 is 0 Å². The number of amides is 2. The number of hydrogen-bond donors (Lipinski definition) is 2. The van der Waals surface area contributed by atoms with E-state index in [0.717, 1.165) is 5.56 Å². The average Bonchev–Trinajstić information content (AvgIpc) is 2.69. The number of carbonyl (C=O) groups excluding carboxylic acids is 2. The van der Waals surface area contributed by atoms with Gasteiger partial charge in [-0.2, -0.15) is 5.10 Å². The highest BCUT2D eigenvalue weighted by molar-refractivity contribution is 6.11. The van der Waals surface area contributed by atoms with Gasteiger partial charge in [-0.25, -0.2) is 4.68 Å². The predicted molar refractivity (Wildman–Crippen MR) is 109 cm³/mol. The predicted octanol–water partition coefficient (Wildman–Crippen LogP) is 2.52. The molecule has 1 heterocycles. The number of benzene rings is 2. The molecule has 0 aliphatic carbocycles. The molecule has 0 aliphatic rings. The first-order valence-corrected chi connectivity index (χ1v) is 9.03. The van der Waals surface area contributed by atoms with Crippen LogP contribution in [-0.2, 0) is 11.2 Å². The van der Waals surface area contributed by atoms with Crippen molar-refractivity contribution >= 4 is 28.3 Å². The van der Waals surface area contributed by atoms with Crippen molar-refractivity contribution in [3.8, 4) is 0 Å². The molecule has 0 saturated heterocycles. The topological polar surface area (TPSA) is 93.1 Å². The molecule has 0 bridgehead atoms. The molecule has 0 radical (unpaired) electrons. The van der Waals surface area contributed by atoms with Gasteiger partial charge in [-0.05, 0) is 37.6 Å². The second-order valence-electron chi connectivity index (χ2n) is 6.74. The van der Waals surface area contributed by atoms with E-state index < -0.39 is 5.91 Å². The van der Waals surface area contributed by atoms with E-state index in [4.69, 9.17) is 0 Å². The Bertz CT molecular complexity index is 1080. The Morgan fingerprint density at radius 2 is 1.68 bits per heavy atom. The summed E-state index contributed by atoms with van der Waals surface area (Å²) in [6, 6.07) is 13.8. The van der Waals surface area contributed by atoms with Crippen LogP contribution in [0.4, 0.5) is 5.69 Å². The van der Waals surface area contributed by atoms with Crippen molar-refractivity contribution < 1.29 is 9.59 Å². The fraction of sp³-hybridized carbons (Fsp3) is 0.238. The fourth-order valence-corrected chi connectivity index (χ4v) is 2.89. The molecule has 0 saturated carbocycles. The zero-order chi connectivity index (χ0) is 20.3. The zero-order valence-corrected chi connectivity index (χ0v) is 16.0. The van der Waals surface area contributed by atoms with E-state index in [-0.39, 0.29) is 29.6 Å². The van der Waals surface area contributed by atoms with Crippen LogP contribution in [0.5, 0.6) is 0 Å². The minimum absolute atomic E-state index is 0.0802. The largest absolute Gasteiger partial charge is 0.359 e. The molecule has 7 heteroatoms. The highest BCUT2D eigenvalue weighted by atomic mass is 16.2. The molecule has 3 aromatic rings. The summed E-state index contributed by atoms with van der Waals surface area (Å²) in [6.45, 7) is 3.69. The zero-order valence-electron chi connectivity index (χ0n) is 16.0. The molecule has 2 amide bonds. The van der Waals surface area contributed by atoms with Crippen molar-refractivity contribution in [1.29, 1.82) is 0 Å². The summed E-state index contributed by atoms with van der Waals surface area (Å²) < 4.78 is 1.32. The highest BCUT2D eigenvalue weighted by Crippen LogP contribution is 2.17. The first-order valence-electron chi connectivity index (χ1n) is 9.03. The van der Waals surface area contributed by atoms with Gasteiger partial charge in [-0.3, -0.25) is 14.4 Å². The average molecular weight is 378 g/mol. The van der Waals surface area contributed by atoms with Crippen molar-refractivity contribution in [2.45, 2.75) is 26.3 Å². The monoisotopic (exact) mass is 378 g/mol. The van der Waals surface area contributed by atoms with E-state index in [1.807, 2.05) is 13.8 Å². The maximum Gasteiger partial charge on any atom is 0.276 e. The summed E-state index contributed by atoms with van der Waals surface area (Å²) in [4.78, 5) is 36.9. The van der Waals surface area contributed by atoms with Crippen LogP contribution < -0.4 is 16.2 Å². The van der Waals surface area contributed by atoms with E-state index in [1.54, 1.807) is 55.6 Å². The molecule has 144 valence electrons. The molecule has 0 spiro atoms. The number of hydrogen-bond acceptors (Lipinski definition) is 4. The lowest BCUT2D eigenvalue weighted by molar-refractivity contribution is -0.119. The van der Waals surface area contributed by atoms with Gasteiger partial charge in [0.2, 0.25) is 5.91 Å². The quantitative estimate of drug-likeness (QED) is 0.713. The molecule has 3 rings (SSSR count). The summed E-state index contributed by atoms with van der Waals surface area (Å²) in [5, 5.41) is 10.7. The molecule has 0 unspecified atom stereocenters. The van der Waals surface area contributed by atoms with Crippen molar-refractivity contribution in [2.75, 3.05) is 12.4 Å². The molecular formula is C21H22N4O3. The van der Waals surface area contributed by atoms with Crippen LogP contribution in [0, 0.1) is 0 Å². The summed E-state index contributed by atoms with van der Waals surface area (Å²) in [5.74, 6) is -0.479. The van der Waals surface area contributed by atoms with Crippen LogP contribution in [0.2, 0.25) is 0 Å². The van der Waals surface area contributed by atoms with Crippen LogP contribution in [0.25, 0.3) is 10.8 Å². The summed E-state index contributed by atoms with van der Waals surface area (Å²) in [6.07, 6.45) is 0.274. The summed E-state index contributed by atoms with van der Waals surface area (Å²) in [5.41, 5.74) is 1.40. The molecule has 2 N–H and O–H groups in total. The van der Waals surface area contributed by atoms with Gasteiger partial charge in [0.05, 0.1) is 17.8 Å². The standard InChI is InChI=1S/C21H22N4O3/c1-13(2)25-21(28)17-7-5-4-6-16(17)19(24-25)20(27)23-15-10-8-14(9-11-15)12-18(26)22-3/h4-11,13H,12H2,1-3H3,(H,22,26)(H,23,27). The Balaban J connectivity index is 1.92. The Hall–Kier alpha value is -3.48. The van der Waals surface area contributed by atoms with Crippen molar-refractivity contribution in [2.24, 2.45) is 0 Å². The van der Waals surface area contributed by atoms with E-state index in [2.05, 4.69) is 15.7 Å². The highest BCUT2D eigenvalue weighted by Gasteiger charge is 2.18.